The molecule has 1 aliphatic heterocycles. The third-order valence-electron chi connectivity index (χ3n) is 4.82. The first-order valence-electron chi connectivity index (χ1n) is 8.99. The summed E-state index contributed by atoms with van der Waals surface area (Å²) in [6.45, 7) is 8.78. The van der Waals surface area contributed by atoms with Crippen molar-refractivity contribution >= 4 is 22.2 Å². The molecular weight excluding hydrogens is 342 g/mol. The molecule has 0 saturated carbocycles. The quantitative estimate of drug-likeness (QED) is 0.869. The molecule has 3 N–H and O–H groups in total. The fourth-order valence-corrected chi connectivity index (χ4v) is 5.26. The normalized spacial score (nSPS) is 17.2. The molecule has 2 aromatic rings. The summed E-state index contributed by atoms with van der Waals surface area (Å²) in [6, 6.07) is 12.3. The Morgan fingerprint density at radius 3 is 2.62 bits per heavy atom. The van der Waals surface area contributed by atoms with E-state index >= 15 is 0 Å². The highest BCUT2D eigenvalue weighted by Crippen LogP contribution is 2.41. The highest BCUT2D eigenvalue weighted by Gasteiger charge is 2.44. The van der Waals surface area contributed by atoms with Gasteiger partial charge in [0, 0.05) is 12.8 Å². The van der Waals surface area contributed by atoms with Gasteiger partial charge < -0.3 is 10.6 Å². The van der Waals surface area contributed by atoms with Crippen LogP contribution in [0.15, 0.2) is 30.3 Å². The highest BCUT2D eigenvalue weighted by atomic mass is 32.1. The maximum absolute atomic E-state index is 12.4. The van der Waals surface area contributed by atoms with Gasteiger partial charge in [-0.3, -0.25) is 4.79 Å². The standard InChI is InChI=1S/C21H25N3OS/c1-20(2)12-15-16(13-22)19(26-18(15)21(3,4)24-20)23-17(25)11-10-14-8-6-5-7-9-14/h5-9,24H,10-12H2,1-4H3,(H,23,25)/p+1. The number of quaternary nitrogens is 1. The van der Waals surface area contributed by atoms with Crippen LogP contribution < -0.4 is 10.6 Å². The summed E-state index contributed by atoms with van der Waals surface area (Å²) in [7, 11) is 0. The lowest BCUT2D eigenvalue weighted by Crippen LogP contribution is -3.03. The van der Waals surface area contributed by atoms with Gasteiger partial charge in [0.2, 0.25) is 5.91 Å². The average molecular weight is 369 g/mol. The van der Waals surface area contributed by atoms with Crippen molar-refractivity contribution in [1.82, 2.24) is 0 Å². The highest BCUT2D eigenvalue weighted by molar-refractivity contribution is 7.16. The Hall–Kier alpha value is -2.16. The number of hydrogen-bond acceptors (Lipinski definition) is 3. The summed E-state index contributed by atoms with van der Waals surface area (Å²) in [4.78, 5) is 13.6. The van der Waals surface area contributed by atoms with Crippen LogP contribution in [0.2, 0.25) is 0 Å². The Morgan fingerprint density at radius 2 is 1.96 bits per heavy atom. The van der Waals surface area contributed by atoms with Crippen molar-refractivity contribution < 1.29 is 10.1 Å². The van der Waals surface area contributed by atoms with E-state index in [4.69, 9.17) is 0 Å². The lowest BCUT2D eigenvalue weighted by Gasteiger charge is -2.38. The molecule has 136 valence electrons. The fourth-order valence-electron chi connectivity index (χ4n) is 4.00. The van der Waals surface area contributed by atoms with Crippen LogP contribution in [-0.4, -0.2) is 11.4 Å². The van der Waals surface area contributed by atoms with Crippen LogP contribution >= 0.6 is 11.3 Å². The molecule has 1 aromatic carbocycles. The molecule has 2 heterocycles. The molecule has 0 atom stereocenters. The van der Waals surface area contributed by atoms with Crippen LogP contribution in [0.3, 0.4) is 0 Å². The monoisotopic (exact) mass is 368 g/mol. The summed E-state index contributed by atoms with van der Waals surface area (Å²) in [6.07, 6.45) is 1.95. The number of amides is 1. The Kier molecular flexibility index (Phi) is 4.92. The number of aryl methyl sites for hydroxylation is 1. The second-order valence-electron chi connectivity index (χ2n) is 8.29. The zero-order chi connectivity index (χ0) is 18.9. The van der Waals surface area contributed by atoms with Crippen molar-refractivity contribution in [2.75, 3.05) is 5.32 Å². The van der Waals surface area contributed by atoms with Gasteiger partial charge in [0.15, 0.2) is 0 Å². The van der Waals surface area contributed by atoms with Gasteiger partial charge in [0.05, 0.1) is 16.0 Å². The molecule has 0 bridgehead atoms. The number of anilines is 1. The second-order valence-corrected chi connectivity index (χ2v) is 9.31. The van der Waals surface area contributed by atoms with Gasteiger partial charge in [-0.25, -0.2) is 0 Å². The molecule has 0 fully saturated rings. The van der Waals surface area contributed by atoms with E-state index in [1.54, 1.807) is 11.3 Å². The van der Waals surface area contributed by atoms with E-state index in [0.717, 1.165) is 17.5 Å². The molecule has 3 rings (SSSR count). The van der Waals surface area contributed by atoms with E-state index in [1.165, 1.54) is 4.88 Å². The Balaban J connectivity index is 1.80. The van der Waals surface area contributed by atoms with Gasteiger partial charge in [-0.1, -0.05) is 30.3 Å². The van der Waals surface area contributed by atoms with E-state index in [0.29, 0.717) is 23.4 Å². The summed E-state index contributed by atoms with van der Waals surface area (Å²) in [5.41, 5.74) is 2.84. The number of thiophene rings is 1. The minimum Gasteiger partial charge on any atom is -0.333 e. The number of carbonyl (C=O) groups excluding carboxylic acids is 1. The molecule has 1 aliphatic rings. The van der Waals surface area contributed by atoms with Crippen LogP contribution in [-0.2, 0) is 23.2 Å². The van der Waals surface area contributed by atoms with E-state index in [2.05, 4.69) is 44.4 Å². The zero-order valence-corrected chi connectivity index (χ0v) is 16.7. The van der Waals surface area contributed by atoms with Crippen LogP contribution in [0, 0.1) is 11.3 Å². The molecular formula is C21H26N3OS+. The average Bonchev–Trinajstić information content (AvgIpc) is 2.90. The van der Waals surface area contributed by atoms with E-state index in [9.17, 15) is 10.1 Å². The molecule has 0 unspecified atom stereocenters. The molecule has 1 aromatic heterocycles. The summed E-state index contributed by atoms with van der Waals surface area (Å²) in [5, 5.41) is 15.8. The molecule has 0 aliphatic carbocycles. The number of hydrogen-bond donors (Lipinski definition) is 2. The number of fused-ring (bicyclic) bond motifs is 1. The van der Waals surface area contributed by atoms with E-state index < -0.39 is 0 Å². The number of nitrogens with zero attached hydrogens (tertiary/aromatic N) is 1. The van der Waals surface area contributed by atoms with Gasteiger partial charge in [-0.05, 0) is 45.2 Å². The van der Waals surface area contributed by atoms with Crippen molar-refractivity contribution in [2.45, 2.75) is 58.0 Å². The number of nitrogens with two attached hydrogens (primary N) is 1. The summed E-state index contributed by atoms with van der Waals surface area (Å²) >= 11 is 1.56. The SMILES string of the molecule is CC1(C)Cc2c(sc(NC(=O)CCc3ccccc3)c2C#N)C(C)(C)[NH2+]1. The molecule has 4 nitrogen and oxygen atoms in total. The number of nitrogens with one attached hydrogen (secondary N) is 1. The predicted octanol–water partition coefficient (Wildman–Crippen LogP) is 3.32. The lowest BCUT2D eigenvalue weighted by atomic mass is 9.81. The van der Waals surface area contributed by atoms with Gasteiger partial charge >= 0.3 is 0 Å². The smallest absolute Gasteiger partial charge is 0.225 e. The number of nitriles is 1. The third-order valence-corrected chi connectivity index (χ3v) is 6.31. The van der Waals surface area contributed by atoms with Crippen LogP contribution in [0.1, 0.15) is 55.7 Å². The van der Waals surface area contributed by atoms with Crippen molar-refractivity contribution in [1.29, 1.82) is 5.26 Å². The minimum atomic E-state index is -0.0969. The second kappa shape index (κ2) is 6.86. The first-order chi connectivity index (χ1) is 12.2. The maximum Gasteiger partial charge on any atom is 0.225 e. The zero-order valence-electron chi connectivity index (χ0n) is 15.8. The topological polar surface area (TPSA) is 69.5 Å². The van der Waals surface area contributed by atoms with E-state index in [-0.39, 0.29) is 17.0 Å². The Morgan fingerprint density at radius 1 is 1.27 bits per heavy atom. The molecule has 5 heteroatoms. The van der Waals surface area contributed by atoms with Crippen molar-refractivity contribution in [3.8, 4) is 6.07 Å². The summed E-state index contributed by atoms with van der Waals surface area (Å²) < 4.78 is 0. The van der Waals surface area contributed by atoms with Crippen molar-refractivity contribution in [3.05, 3.63) is 51.9 Å². The number of carbonyl (C=O) groups is 1. The Labute approximate surface area is 159 Å². The van der Waals surface area contributed by atoms with E-state index in [1.807, 2.05) is 30.3 Å². The van der Waals surface area contributed by atoms with Gasteiger partial charge in [0.1, 0.15) is 16.6 Å². The first-order valence-corrected chi connectivity index (χ1v) is 9.80. The van der Waals surface area contributed by atoms with Crippen molar-refractivity contribution in [3.63, 3.8) is 0 Å². The maximum atomic E-state index is 12.4. The summed E-state index contributed by atoms with van der Waals surface area (Å²) in [5.74, 6) is -0.0370. The van der Waals surface area contributed by atoms with Crippen LogP contribution in [0.5, 0.6) is 0 Å². The fraction of sp³-hybridized carbons (Fsp3) is 0.429. The molecule has 0 radical (unpaired) electrons. The lowest BCUT2D eigenvalue weighted by molar-refractivity contribution is -0.789. The van der Waals surface area contributed by atoms with Gasteiger partial charge in [0.25, 0.3) is 0 Å². The molecule has 0 spiro atoms. The predicted molar refractivity (Wildman–Crippen MR) is 105 cm³/mol. The van der Waals surface area contributed by atoms with Gasteiger partial charge in [-0.2, -0.15) is 5.26 Å². The molecule has 26 heavy (non-hydrogen) atoms. The van der Waals surface area contributed by atoms with Gasteiger partial charge in [-0.15, -0.1) is 11.3 Å². The Bertz CT molecular complexity index is 859. The first kappa shape index (κ1) is 18.6. The van der Waals surface area contributed by atoms with Crippen molar-refractivity contribution in [2.24, 2.45) is 0 Å². The van der Waals surface area contributed by atoms with Crippen LogP contribution in [0.25, 0.3) is 0 Å². The number of benzene rings is 1. The molecule has 0 saturated heterocycles. The van der Waals surface area contributed by atoms with Crippen LogP contribution in [0.4, 0.5) is 5.00 Å². The largest absolute Gasteiger partial charge is 0.333 e. The third kappa shape index (κ3) is 3.82. The molecule has 1 amide bonds. The number of rotatable bonds is 4. The minimum absolute atomic E-state index is 0.0370.